The second kappa shape index (κ2) is 7.50. The molecule has 1 aromatic carbocycles. The summed E-state index contributed by atoms with van der Waals surface area (Å²) in [6, 6.07) is 9.21. The van der Waals surface area contributed by atoms with Crippen LogP contribution in [0, 0.1) is 0 Å². The fraction of sp³-hybridized carbons (Fsp3) is 0.312. The molecule has 1 heterocycles. The number of hydrogen-bond donors (Lipinski definition) is 1. The molecule has 0 saturated carbocycles. The number of ether oxygens (including phenoxy) is 3. The van der Waals surface area contributed by atoms with E-state index in [1.165, 1.54) is 0 Å². The van der Waals surface area contributed by atoms with Crippen LogP contribution in [-0.2, 0) is 6.54 Å². The molecule has 0 aliphatic heterocycles. The molecule has 0 amide bonds. The average Bonchev–Trinajstić information content (AvgIpc) is 2.54. The highest BCUT2D eigenvalue weighted by Gasteiger charge is 2.11. The molecule has 2 rings (SSSR count). The summed E-state index contributed by atoms with van der Waals surface area (Å²) in [5.41, 5.74) is 6.60. The van der Waals surface area contributed by atoms with E-state index in [0.29, 0.717) is 36.3 Å². The first-order valence-corrected chi connectivity index (χ1v) is 6.91. The Hall–Kier alpha value is -2.27. The molecular weight excluding hydrogens is 268 g/mol. The van der Waals surface area contributed by atoms with Crippen LogP contribution in [0.2, 0.25) is 0 Å². The molecule has 21 heavy (non-hydrogen) atoms. The fourth-order valence-electron chi connectivity index (χ4n) is 1.80. The van der Waals surface area contributed by atoms with Gasteiger partial charge in [0.15, 0.2) is 17.2 Å². The highest BCUT2D eigenvalue weighted by atomic mass is 16.5. The SMILES string of the molecule is CCCOc1cccnc1Oc1ccc(CN)cc1OC. The standard InChI is InChI=1S/C16H20N2O3/c1-3-9-20-14-5-4-8-18-16(14)21-13-7-6-12(11-17)10-15(13)19-2/h4-8,10H,3,9,11,17H2,1-2H3. The van der Waals surface area contributed by atoms with Gasteiger partial charge in [-0.25, -0.2) is 4.98 Å². The summed E-state index contributed by atoms with van der Waals surface area (Å²) in [6.45, 7) is 3.11. The van der Waals surface area contributed by atoms with Crippen LogP contribution < -0.4 is 19.9 Å². The van der Waals surface area contributed by atoms with Gasteiger partial charge in [-0.3, -0.25) is 0 Å². The highest BCUT2D eigenvalue weighted by molar-refractivity contribution is 5.46. The molecule has 0 unspecified atom stereocenters. The van der Waals surface area contributed by atoms with Gasteiger partial charge < -0.3 is 19.9 Å². The average molecular weight is 288 g/mol. The Bertz CT molecular complexity index is 587. The highest BCUT2D eigenvalue weighted by Crippen LogP contribution is 2.35. The number of benzene rings is 1. The molecule has 0 spiro atoms. The van der Waals surface area contributed by atoms with E-state index in [2.05, 4.69) is 4.98 Å². The Morgan fingerprint density at radius 1 is 1.14 bits per heavy atom. The van der Waals surface area contributed by atoms with Gasteiger partial charge in [-0.1, -0.05) is 13.0 Å². The van der Waals surface area contributed by atoms with Crippen molar-refractivity contribution >= 4 is 0 Å². The van der Waals surface area contributed by atoms with Gasteiger partial charge in [0, 0.05) is 12.7 Å². The van der Waals surface area contributed by atoms with Crippen molar-refractivity contribution in [3.63, 3.8) is 0 Å². The van der Waals surface area contributed by atoms with Crippen molar-refractivity contribution in [3.05, 3.63) is 42.1 Å². The predicted molar refractivity (Wildman–Crippen MR) is 81.0 cm³/mol. The third kappa shape index (κ3) is 3.86. The molecule has 1 aromatic heterocycles. The van der Waals surface area contributed by atoms with Crippen molar-refractivity contribution < 1.29 is 14.2 Å². The lowest BCUT2D eigenvalue weighted by Crippen LogP contribution is -2.00. The quantitative estimate of drug-likeness (QED) is 0.847. The van der Waals surface area contributed by atoms with Gasteiger partial charge in [0.05, 0.1) is 13.7 Å². The zero-order valence-electron chi connectivity index (χ0n) is 12.3. The Morgan fingerprint density at radius 2 is 2.00 bits per heavy atom. The van der Waals surface area contributed by atoms with E-state index in [1.54, 1.807) is 13.3 Å². The number of nitrogens with zero attached hydrogens (tertiary/aromatic N) is 1. The number of nitrogens with two attached hydrogens (primary N) is 1. The Morgan fingerprint density at radius 3 is 2.71 bits per heavy atom. The third-order valence-electron chi connectivity index (χ3n) is 2.87. The van der Waals surface area contributed by atoms with Crippen molar-refractivity contribution in [2.24, 2.45) is 5.73 Å². The summed E-state index contributed by atoms with van der Waals surface area (Å²) in [5, 5.41) is 0. The molecule has 5 nitrogen and oxygen atoms in total. The Kier molecular flexibility index (Phi) is 5.40. The number of pyridine rings is 1. The second-order valence-electron chi connectivity index (χ2n) is 4.45. The van der Waals surface area contributed by atoms with E-state index in [9.17, 15) is 0 Å². The lowest BCUT2D eigenvalue weighted by atomic mass is 10.2. The topological polar surface area (TPSA) is 66.6 Å². The van der Waals surface area contributed by atoms with Crippen LogP contribution in [0.3, 0.4) is 0 Å². The molecule has 0 fully saturated rings. The van der Waals surface area contributed by atoms with Gasteiger partial charge in [0.1, 0.15) is 0 Å². The summed E-state index contributed by atoms with van der Waals surface area (Å²) in [5.74, 6) is 2.23. The molecule has 112 valence electrons. The van der Waals surface area contributed by atoms with Gasteiger partial charge in [-0.2, -0.15) is 0 Å². The molecule has 2 aromatic rings. The van der Waals surface area contributed by atoms with Crippen molar-refractivity contribution in [3.8, 4) is 23.1 Å². The molecule has 0 bridgehead atoms. The zero-order valence-corrected chi connectivity index (χ0v) is 12.3. The summed E-state index contributed by atoms with van der Waals surface area (Å²) >= 11 is 0. The minimum atomic E-state index is 0.421. The molecule has 0 aliphatic rings. The lowest BCUT2D eigenvalue weighted by molar-refractivity contribution is 0.294. The van der Waals surface area contributed by atoms with E-state index in [1.807, 2.05) is 37.3 Å². The van der Waals surface area contributed by atoms with E-state index in [4.69, 9.17) is 19.9 Å². The van der Waals surface area contributed by atoms with Gasteiger partial charge in [0.25, 0.3) is 5.88 Å². The van der Waals surface area contributed by atoms with E-state index in [0.717, 1.165) is 12.0 Å². The Balaban J connectivity index is 2.25. The number of hydrogen-bond acceptors (Lipinski definition) is 5. The molecule has 0 radical (unpaired) electrons. The van der Waals surface area contributed by atoms with Crippen molar-refractivity contribution in [2.75, 3.05) is 13.7 Å². The van der Waals surface area contributed by atoms with E-state index >= 15 is 0 Å². The van der Waals surface area contributed by atoms with E-state index < -0.39 is 0 Å². The van der Waals surface area contributed by atoms with Crippen LogP contribution in [0.15, 0.2) is 36.5 Å². The summed E-state index contributed by atoms with van der Waals surface area (Å²) in [6.07, 6.45) is 2.58. The molecular formula is C16H20N2O3. The molecule has 0 aliphatic carbocycles. The lowest BCUT2D eigenvalue weighted by Gasteiger charge is -2.13. The number of rotatable bonds is 7. The maximum atomic E-state index is 5.83. The minimum absolute atomic E-state index is 0.421. The molecule has 2 N–H and O–H groups in total. The smallest absolute Gasteiger partial charge is 0.262 e. The first-order chi connectivity index (χ1) is 10.3. The maximum absolute atomic E-state index is 5.83. The van der Waals surface area contributed by atoms with Gasteiger partial charge in [0.2, 0.25) is 0 Å². The monoisotopic (exact) mass is 288 g/mol. The van der Waals surface area contributed by atoms with Crippen molar-refractivity contribution in [2.45, 2.75) is 19.9 Å². The number of aromatic nitrogens is 1. The van der Waals surface area contributed by atoms with Gasteiger partial charge in [-0.05, 0) is 36.2 Å². The fourth-order valence-corrected chi connectivity index (χ4v) is 1.80. The van der Waals surface area contributed by atoms with Crippen LogP contribution in [0.1, 0.15) is 18.9 Å². The summed E-state index contributed by atoms with van der Waals surface area (Å²) < 4.78 is 16.8. The van der Waals surface area contributed by atoms with E-state index in [-0.39, 0.29) is 0 Å². The normalized spacial score (nSPS) is 10.2. The van der Waals surface area contributed by atoms with Crippen LogP contribution >= 0.6 is 0 Å². The maximum Gasteiger partial charge on any atom is 0.262 e. The molecule has 5 heteroatoms. The van der Waals surface area contributed by atoms with Crippen LogP contribution in [0.5, 0.6) is 23.1 Å². The van der Waals surface area contributed by atoms with Crippen LogP contribution in [0.4, 0.5) is 0 Å². The minimum Gasteiger partial charge on any atom is -0.493 e. The predicted octanol–water partition coefficient (Wildman–Crippen LogP) is 3.13. The summed E-state index contributed by atoms with van der Waals surface area (Å²) in [7, 11) is 1.59. The second-order valence-corrected chi connectivity index (χ2v) is 4.45. The Labute approximate surface area is 124 Å². The van der Waals surface area contributed by atoms with Crippen LogP contribution in [-0.4, -0.2) is 18.7 Å². The summed E-state index contributed by atoms with van der Waals surface area (Å²) in [4.78, 5) is 4.22. The van der Waals surface area contributed by atoms with Crippen LogP contribution in [0.25, 0.3) is 0 Å². The molecule has 0 saturated heterocycles. The third-order valence-corrected chi connectivity index (χ3v) is 2.87. The first-order valence-electron chi connectivity index (χ1n) is 6.91. The number of methoxy groups -OCH3 is 1. The molecule has 0 atom stereocenters. The van der Waals surface area contributed by atoms with Crippen molar-refractivity contribution in [1.82, 2.24) is 4.98 Å². The largest absolute Gasteiger partial charge is 0.493 e. The first kappa shape index (κ1) is 15.1. The zero-order chi connectivity index (χ0) is 15.1. The van der Waals surface area contributed by atoms with Crippen molar-refractivity contribution in [1.29, 1.82) is 0 Å². The van der Waals surface area contributed by atoms with Gasteiger partial charge in [-0.15, -0.1) is 0 Å². The van der Waals surface area contributed by atoms with Gasteiger partial charge >= 0.3 is 0 Å².